The van der Waals surface area contributed by atoms with Gasteiger partial charge in [-0.15, -0.1) is 0 Å². The van der Waals surface area contributed by atoms with Crippen LogP contribution in [-0.2, 0) is 14.3 Å². The average Bonchev–Trinajstić information content (AvgIpc) is 2.11. The number of carbonyl (C=O) groups excluding carboxylic acids is 3. The van der Waals surface area contributed by atoms with Crippen LogP contribution in [0.4, 0.5) is 4.79 Å². The summed E-state index contributed by atoms with van der Waals surface area (Å²) < 4.78 is 4.29. The Balaban J connectivity index is 3.92. The third kappa shape index (κ3) is 3.14. The van der Waals surface area contributed by atoms with Crippen LogP contribution in [0.2, 0.25) is 0 Å². The van der Waals surface area contributed by atoms with E-state index >= 15 is 0 Å². The van der Waals surface area contributed by atoms with Crippen LogP contribution in [0, 0.1) is 0 Å². The third-order valence-electron chi connectivity index (χ3n) is 1.30. The minimum Gasteiger partial charge on any atom is -0.452 e. The van der Waals surface area contributed by atoms with Gasteiger partial charge in [0, 0.05) is 19.9 Å². The first-order chi connectivity index (χ1) is 5.63. The summed E-state index contributed by atoms with van der Waals surface area (Å²) in [6.07, 6.45) is 0.0732. The van der Waals surface area contributed by atoms with Crippen molar-refractivity contribution < 1.29 is 19.1 Å². The van der Waals surface area contributed by atoms with Crippen LogP contribution in [0.25, 0.3) is 0 Å². The number of amides is 2. The van der Waals surface area contributed by atoms with E-state index in [1.807, 2.05) is 0 Å². The largest absolute Gasteiger partial charge is 0.452 e. The molecule has 5 nitrogen and oxygen atoms in total. The number of nitrogens with zero attached hydrogens (tertiary/aromatic N) is 1. The van der Waals surface area contributed by atoms with Gasteiger partial charge in [0.15, 0.2) is 0 Å². The van der Waals surface area contributed by atoms with E-state index in [4.69, 9.17) is 0 Å². The fourth-order valence-corrected chi connectivity index (χ4v) is 0.589. The minimum absolute atomic E-state index is 0.0368. The summed E-state index contributed by atoms with van der Waals surface area (Å²) in [4.78, 5) is 32.4. The summed E-state index contributed by atoms with van der Waals surface area (Å²) in [6.45, 7) is 0. The number of methoxy groups -OCH3 is 1. The van der Waals surface area contributed by atoms with Gasteiger partial charge in [0.2, 0.25) is 5.91 Å². The van der Waals surface area contributed by atoms with Crippen molar-refractivity contribution in [3.8, 4) is 0 Å². The molecule has 0 radical (unpaired) electrons. The molecule has 0 saturated carbocycles. The molecule has 0 aromatic rings. The van der Waals surface area contributed by atoms with Gasteiger partial charge >= 0.3 is 6.09 Å². The Morgan fingerprint density at radius 3 is 2.50 bits per heavy atom. The number of ether oxygens (including phenoxy) is 1. The zero-order valence-corrected chi connectivity index (χ0v) is 7.07. The summed E-state index contributed by atoms with van der Waals surface area (Å²) in [6, 6.07) is 0. The Morgan fingerprint density at radius 2 is 2.08 bits per heavy atom. The number of rotatable bonds is 3. The zero-order valence-electron chi connectivity index (χ0n) is 7.07. The summed E-state index contributed by atoms with van der Waals surface area (Å²) in [5, 5.41) is 0. The van der Waals surface area contributed by atoms with Crippen molar-refractivity contribution in [1.82, 2.24) is 4.90 Å². The Kier molecular flexibility index (Phi) is 4.67. The maximum atomic E-state index is 11.0. The predicted molar refractivity (Wildman–Crippen MR) is 40.5 cm³/mol. The Labute approximate surface area is 70.3 Å². The van der Waals surface area contributed by atoms with Crippen molar-refractivity contribution in [2.45, 2.75) is 12.8 Å². The molecule has 0 aromatic carbocycles. The van der Waals surface area contributed by atoms with E-state index in [9.17, 15) is 14.4 Å². The topological polar surface area (TPSA) is 63.7 Å². The van der Waals surface area contributed by atoms with E-state index in [1.54, 1.807) is 0 Å². The molecular weight excluding hydrogens is 162 g/mol. The second kappa shape index (κ2) is 5.29. The van der Waals surface area contributed by atoms with E-state index in [1.165, 1.54) is 14.2 Å². The molecule has 0 fully saturated rings. The molecule has 12 heavy (non-hydrogen) atoms. The fourth-order valence-electron chi connectivity index (χ4n) is 0.589. The monoisotopic (exact) mass is 173 g/mol. The molecule has 0 aliphatic rings. The lowest BCUT2D eigenvalue weighted by atomic mass is 10.3. The standard InChI is InChI=1S/C7H11NO4/c1-8(7(11)12-2)6(10)4-3-5-9/h5H,3-4H2,1-2H3. The van der Waals surface area contributed by atoms with Crippen molar-refractivity contribution >= 4 is 18.3 Å². The smallest absolute Gasteiger partial charge is 0.415 e. The second-order valence-electron chi connectivity index (χ2n) is 2.13. The van der Waals surface area contributed by atoms with Crippen LogP contribution >= 0.6 is 0 Å². The van der Waals surface area contributed by atoms with Gasteiger partial charge in [-0.2, -0.15) is 0 Å². The summed E-state index contributed by atoms with van der Waals surface area (Å²) in [7, 11) is 2.49. The normalized spacial score (nSPS) is 8.83. The van der Waals surface area contributed by atoms with Crippen molar-refractivity contribution in [2.24, 2.45) is 0 Å². The Morgan fingerprint density at radius 1 is 1.50 bits per heavy atom. The van der Waals surface area contributed by atoms with Gasteiger partial charge in [0.1, 0.15) is 6.29 Å². The molecule has 0 aliphatic carbocycles. The SMILES string of the molecule is COC(=O)N(C)C(=O)CCC=O. The van der Waals surface area contributed by atoms with Crippen LogP contribution in [0.1, 0.15) is 12.8 Å². The molecule has 68 valence electrons. The van der Waals surface area contributed by atoms with Crippen LogP contribution in [0.15, 0.2) is 0 Å². The molecule has 0 N–H and O–H groups in total. The molecule has 0 atom stereocenters. The highest BCUT2D eigenvalue weighted by Crippen LogP contribution is 1.95. The summed E-state index contributed by atoms with van der Waals surface area (Å²) >= 11 is 0. The molecule has 2 amide bonds. The minimum atomic E-state index is -0.717. The van der Waals surface area contributed by atoms with Crippen molar-refractivity contribution in [1.29, 1.82) is 0 Å². The van der Waals surface area contributed by atoms with Gasteiger partial charge in [-0.25, -0.2) is 4.79 Å². The molecule has 0 saturated heterocycles. The molecule has 0 aliphatic heterocycles. The molecule has 5 heteroatoms. The maximum Gasteiger partial charge on any atom is 0.415 e. The maximum absolute atomic E-state index is 11.0. The number of hydrogen-bond acceptors (Lipinski definition) is 4. The van der Waals surface area contributed by atoms with E-state index in [2.05, 4.69) is 4.74 Å². The van der Waals surface area contributed by atoms with E-state index in [0.29, 0.717) is 6.29 Å². The quantitative estimate of drug-likeness (QED) is 0.571. The van der Waals surface area contributed by atoms with Crippen LogP contribution in [-0.4, -0.2) is 37.3 Å². The number of carbonyl (C=O) groups is 3. The molecule has 0 bridgehead atoms. The summed E-state index contributed by atoms with van der Waals surface area (Å²) in [5.41, 5.74) is 0. The highest BCUT2D eigenvalue weighted by Gasteiger charge is 2.15. The predicted octanol–water partition coefficient (Wildman–Crippen LogP) is 0.190. The second-order valence-corrected chi connectivity index (χ2v) is 2.13. The molecule has 0 heterocycles. The highest BCUT2D eigenvalue weighted by atomic mass is 16.5. The average molecular weight is 173 g/mol. The van der Waals surface area contributed by atoms with Gasteiger partial charge in [-0.05, 0) is 0 Å². The first kappa shape index (κ1) is 10.6. The van der Waals surface area contributed by atoms with E-state index in [-0.39, 0.29) is 12.8 Å². The third-order valence-corrected chi connectivity index (χ3v) is 1.30. The number of aldehydes is 1. The van der Waals surface area contributed by atoms with Gasteiger partial charge in [-0.1, -0.05) is 0 Å². The molecule has 0 aromatic heterocycles. The Hall–Kier alpha value is -1.39. The van der Waals surface area contributed by atoms with Crippen molar-refractivity contribution in [2.75, 3.05) is 14.2 Å². The number of hydrogen-bond donors (Lipinski definition) is 0. The van der Waals surface area contributed by atoms with Gasteiger partial charge in [0.05, 0.1) is 7.11 Å². The van der Waals surface area contributed by atoms with Crippen molar-refractivity contribution in [3.63, 3.8) is 0 Å². The zero-order chi connectivity index (χ0) is 9.56. The highest BCUT2D eigenvalue weighted by molar-refractivity contribution is 5.92. The van der Waals surface area contributed by atoms with Gasteiger partial charge in [0.25, 0.3) is 0 Å². The van der Waals surface area contributed by atoms with Gasteiger partial charge in [-0.3, -0.25) is 9.69 Å². The molecular formula is C7H11NO4. The first-order valence-electron chi connectivity index (χ1n) is 3.41. The molecule has 0 rings (SSSR count). The van der Waals surface area contributed by atoms with Crippen LogP contribution in [0.5, 0.6) is 0 Å². The van der Waals surface area contributed by atoms with Crippen molar-refractivity contribution in [3.05, 3.63) is 0 Å². The van der Waals surface area contributed by atoms with E-state index < -0.39 is 12.0 Å². The lowest BCUT2D eigenvalue weighted by Gasteiger charge is -2.11. The summed E-state index contributed by atoms with van der Waals surface area (Å²) in [5.74, 6) is -0.422. The molecule has 0 spiro atoms. The van der Waals surface area contributed by atoms with Crippen LogP contribution in [0.3, 0.4) is 0 Å². The fraction of sp³-hybridized carbons (Fsp3) is 0.571. The van der Waals surface area contributed by atoms with Crippen LogP contribution < -0.4 is 0 Å². The lowest BCUT2D eigenvalue weighted by molar-refractivity contribution is -0.129. The lowest BCUT2D eigenvalue weighted by Crippen LogP contribution is -2.32. The molecule has 0 unspecified atom stereocenters. The first-order valence-corrected chi connectivity index (χ1v) is 3.41. The van der Waals surface area contributed by atoms with E-state index in [0.717, 1.165) is 4.90 Å². The van der Waals surface area contributed by atoms with Gasteiger partial charge < -0.3 is 9.53 Å². The Bertz CT molecular complexity index is 190. The number of imide groups is 1.